The van der Waals surface area contributed by atoms with Gasteiger partial charge in [0.1, 0.15) is 0 Å². The second-order valence-electron chi connectivity index (χ2n) is 3.42. The highest BCUT2D eigenvalue weighted by atomic mass is 79.9. The molecule has 2 heterocycles. The Bertz CT molecular complexity index is 450. The zero-order valence-electron chi connectivity index (χ0n) is 8.89. The summed E-state index contributed by atoms with van der Waals surface area (Å²) >= 11 is 3.29. The molecule has 0 aliphatic heterocycles. The van der Waals surface area contributed by atoms with Crippen LogP contribution in [0.15, 0.2) is 29.3 Å². The Hall–Kier alpha value is -1.43. The first-order valence-electron chi connectivity index (χ1n) is 4.93. The van der Waals surface area contributed by atoms with Crippen LogP contribution >= 0.6 is 15.9 Å². The maximum absolute atomic E-state index is 4.12. The summed E-state index contributed by atoms with van der Waals surface area (Å²) in [5.41, 5.74) is 1.20. The van der Waals surface area contributed by atoms with Crippen LogP contribution in [0.3, 0.4) is 0 Å². The van der Waals surface area contributed by atoms with Gasteiger partial charge in [0.25, 0.3) is 0 Å². The van der Waals surface area contributed by atoms with E-state index in [2.05, 4.69) is 36.3 Å². The van der Waals surface area contributed by atoms with E-state index in [1.807, 2.05) is 19.4 Å². The van der Waals surface area contributed by atoms with E-state index >= 15 is 0 Å². The van der Waals surface area contributed by atoms with Crippen molar-refractivity contribution in [1.82, 2.24) is 19.7 Å². The molecule has 0 spiro atoms. The fourth-order valence-electron chi connectivity index (χ4n) is 1.32. The fourth-order valence-corrected chi connectivity index (χ4v) is 1.53. The topological polar surface area (TPSA) is 55.6 Å². The minimum absolute atomic E-state index is 0.645. The molecule has 0 aliphatic carbocycles. The zero-order chi connectivity index (χ0) is 11.4. The molecule has 2 rings (SSSR count). The Morgan fingerprint density at radius 2 is 2.06 bits per heavy atom. The summed E-state index contributed by atoms with van der Waals surface area (Å²) < 4.78 is 2.68. The molecular weight excluding hydrogens is 270 g/mol. The number of aryl methyl sites for hydroxylation is 1. The van der Waals surface area contributed by atoms with Gasteiger partial charge in [-0.05, 0) is 27.9 Å². The maximum Gasteiger partial charge on any atom is 0.222 e. The van der Waals surface area contributed by atoms with E-state index in [1.54, 1.807) is 17.1 Å². The molecule has 0 radical (unpaired) electrons. The summed E-state index contributed by atoms with van der Waals surface area (Å²) in [5.74, 6) is 0.645. The fraction of sp³-hybridized carbons (Fsp3) is 0.300. The third kappa shape index (κ3) is 3.03. The van der Waals surface area contributed by atoms with Crippen molar-refractivity contribution in [3.05, 3.63) is 34.8 Å². The van der Waals surface area contributed by atoms with Crippen LogP contribution in [0.5, 0.6) is 0 Å². The maximum atomic E-state index is 4.12. The number of halogens is 1. The Kier molecular flexibility index (Phi) is 3.51. The molecule has 0 unspecified atom stereocenters. The van der Waals surface area contributed by atoms with Gasteiger partial charge in [-0.25, -0.2) is 9.97 Å². The van der Waals surface area contributed by atoms with Crippen LogP contribution in [-0.2, 0) is 13.5 Å². The summed E-state index contributed by atoms with van der Waals surface area (Å²) in [4.78, 5) is 8.25. The van der Waals surface area contributed by atoms with Crippen LogP contribution in [0, 0.1) is 0 Å². The van der Waals surface area contributed by atoms with Crippen molar-refractivity contribution in [3.63, 3.8) is 0 Å². The lowest BCUT2D eigenvalue weighted by Gasteiger charge is -2.02. The monoisotopic (exact) mass is 281 g/mol. The molecule has 0 atom stereocenters. The largest absolute Gasteiger partial charge is 0.354 e. The predicted octanol–water partition coefficient (Wildman–Crippen LogP) is 1.63. The van der Waals surface area contributed by atoms with Gasteiger partial charge in [-0.1, -0.05) is 0 Å². The first-order chi connectivity index (χ1) is 7.74. The first-order valence-corrected chi connectivity index (χ1v) is 5.72. The minimum Gasteiger partial charge on any atom is -0.354 e. The van der Waals surface area contributed by atoms with Gasteiger partial charge in [0.2, 0.25) is 5.95 Å². The van der Waals surface area contributed by atoms with Gasteiger partial charge in [0.05, 0.1) is 10.7 Å². The summed E-state index contributed by atoms with van der Waals surface area (Å²) in [6.45, 7) is 0.799. The highest BCUT2D eigenvalue weighted by molar-refractivity contribution is 9.10. The average molecular weight is 282 g/mol. The van der Waals surface area contributed by atoms with Gasteiger partial charge in [0.15, 0.2) is 0 Å². The van der Waals surface area contributed by atoms with Crippen molar-refractivity contribution in [3.8, 4) is 0 Å². The number of hydrogen-bond donors (Lipinski definition) is 1. The third-order valence-corrected chi connectivity index (χ3v) is 2.48. The van der Waals surface area contributed by atoms with E-state index < -0.39 is 0 Å². The van der Waals surface area contributed by atoms with Crippen molar-refractivity contribution in [1.29, 1.82) is 0 Å². The highest BCUT2D eigenvalue weighted by Gasteiger charge is 1.98. The number of nitrogens with zero attached hydrogens (tertiary/aromatic N) is 4. The SMILES string of the molecule is Cn1cc(CCNc2ncc(Br)cn2)cn1. The Morgan fingerprint density at radius 1 is 1.31 bits per heavy atom. The Balaban J connectivity index is 1.82. The highest BCUT2D eigenvalue weighted by Crippen LogP contribution is 2.06. The Labute approximate surface area is 102 Å². The van der Waals surface area contributed by atoms with Gasteiger partial charge in [-0.2, -0.15) is 5.10 Å². The molecule has 2 aromatic heterocycles. The molecule has 5 nitrogen and oxygen atoms in total. The summed E-state index contributed by atoms with van der Waals surface area (Å²) in [7, 11) is 1.91. The van der Waals surface area contributed by atoms with Crippen LogP contribution in [-0.4, -0.2) is 26.3 Å². The summed E-state index contributed by atoms with van der Waals surface area (Å²) in [5, 5.41) is 7.25. The molecular formula is C10H12BrN5. The lowest BCUT2D eigenvalue weighted by atomic mass is 10.2. The summed E-state index contributed by atoms with van der Waals surface area (Å²) in [6.07, 6.45) is 8.22. The molecule has 6 heteroatoms. The van der Waals surface area contributed by atoms with Crippen molar-refractivity contribution in [2.24, 2.45) is 7.05 Å². The number of hydrogen-bond acceptors (Lipinski definition) is 4. The van der Waals surface area contributed by atoms with Gasteiger partial charge < -0.3 is 5.32 Å². The Morgan fingerprint density at radius 3 is 2.69 bits per heavy atom. The lowest BCUT2D eigenvalue weighted by Crippen LogP contribution is -2.07. The van der Waals surface area contributed by atoms with E-state index in [1.165, 1.54) is 5.56 Å². The molecule has 0 aliphatic rings. The number of aromatic nitrogens is 4. The number of anilines is 1. The van der Waals surface area contributed by atoms with Gasteiger partial charge >= 0.3 is 0 Å². The summed E-state index contributed by atoms with van der Waals surface area (Å²) in [6, 6.07) is 0. The van der Waals surface area contributed by atoms with Crippen LogP contribution < -0.4 is 5.32 Å². The van der Waals surface area contributed by atoms with Crippen molar-refractivity contribution in [2.45, 2.75) is 6.42 Å². The standard InChI is InChI=1S/C10H12BrN5/c1-16-7-8(4-15-16)2-3-12-10-13-5-9(11)6-14-10/h4-7H,2-3H2,1H3,(H,12,13,14). The van der Waals surface area contributed by atoms with Gasteiger partial charge in [-0.15, -0.1) is 0 Å². The zero-order valence-corrected chi connectivity index (χ0v) is 10.5. The van der Waals surface area contributed by atoms with Crippen LogP contribution in [0.2, 0.25) is 0 Å². The van der Waals surface area contributed by atoms with Crippen LogP contribution in [0.25, 0.3) is 0 Å². The lowest BCUT2D eigenvalue weighted by molar-refractivity contribution is 0.766. The van der Waals surface area contributed by atoms with Crippen molar-refractivity contribution >= 4 is 21.9 Å². The molecule has 0 amide bonds. The van der Waals surface area contributed by atoms with Gasteiger partial charge in [0, 0.05) is 32.2 Å². The average Bonchev–Trinajstić information content (AvgIpc) is 2.67. The quantitative estimate of drug-likeness (QED) is 0.926. The van der Waals surface area contributed by atoms with Crippen molar-refractivity contribution in [2.75, 3.05) is 11.9 Å². The molecule has 2 aromatic rings. The molecule has 0 saturated heterocycles. The van der Waals surface area contributed by atoms with E-state index in [0.717, 1.165) is 17.4 Å². The molecule has 84 valence electrons. The molecule has 0 aromatic carbocycles. The number of rotatable bonds is 4. The predicted molar refractivity (Wildman–Crippen MR) is 65.1 cm³/mol. The molecule has 16 heavy (non-hydrogen) atoms. The van der Waals surface area contributed by atoms with E-state index in [-0.39, 0.29) is 0 Å². The minimum atomic E-state index is 0.645. The van der Waals surface area contributed by atoms with Crippen molar-refractivity contribution < 1.29 is 0 Å². The van der Waals surface area contributed by atoms with E-state index in [4.69, 9.17) is 0 Å². The van der Waals surface area contributed by atoms with Crippen LogP contribution in [0.4, 0.5) is 5.95 Å². The molecule has 0 bridgehead atoms. The number of nitrogens with one attached hydrogen (secondary N) is 1. The molecule has 0 fully saturated rings. The second-order valence-corrected chi connectivity index (χ2v) is 4.34. The van der Waals surface area contributed by atoms with E-state index in [0.29, 0.717) is 5.95 Å². The molecule has 1 N–H and O–H groups in total. The van der Waals surface area contributed by atoms with Gasteiger partial charge in [-0.3, -0.25) is 4.68 Å². The normalized spacial score (nSPS) is 10.4. The van der Waals surface area contributed by atoms with Crippen LogP contribution in [0.1, 0.15) is 5.56 Å². The first kappa shape index (κ1) is 11.1. The smallest absolute Gasteiger partial charge is 0.222 e. The third-order valence-electron chi connectivity index (χ3n) is 2.08. The van der Waals surface area contributed by atoms with E-state index in [9.17, 15) is 0 Å². The second kappa shape index (κ2) is 5.07. The molecule has 0 saturated carbocycles.